The van der Waals surface area contributed by atoms with Crippen molar-refractivity contribution in [3.05, 3.63) is 77.1 Å². The molecule has 0 aliphatic heterocycles. The Hall–Kier alpha value is -2.15. The molecule has 3 rings (SSSR count). The minimum atomic E-state index is 0.175. The van der Waals surface area contributed by atoms with Gasteiger partial charge in [0.1, 0.15) is 0 Å². The fraction of sp³-hybridized carbons (Fsp3) is 0.286. The molecule has 0 saturated carbocycles. The van der Waals surface area contributed by atoms with Crippen molar-refractivity contribution in [2.75, 3.05) is 0 Å². The van der Waals surface area contributed by atoms with Crippen molar-refractivity contribution in [1.29, 1.82) is 0 Å². The van der Waals surface area contributed by atoms with Gasteiger partial charge in [-0.3, -0.25) is 4.98 Å². The number of nitrogens with zero attached hydrogens (tertiary/aromatic N) is 1. The maximum Gasteiger partial charge on any atom is 0.0525 e. The molecule has 1 heteroatoms. The predicted molar refractivity (Wildman–Crippen MR) is 94.4 cm³/mol. The summed E-state index contributed by atoms with van der Waals surface area (Å²) in [5, 5.41) is 2.54. The van der Waals surface area contributed by atoms with Crippen LogP contribution < -0.4 is 0 Å². The molecule has 22 heavy (non-hydrogen) atoms. The Morgan fingerprint density at radius 2 is 1.64 bits per heavy atom. The lowest BCUT2D eigenvalue weighted by molar-refractivity contribution is 0.591. The van der Waals surface area contributed by atoms with Crippen molar-refractivity contribution in [3.8, 4) is 0 Å². The van der Waals surface area contributed by atoms with Crippen LogP contribution in [-0.2, 0) is 11.8 Å². The lowest BCUT2D eigenvalue weighted by Crippen LogP contribution is -2.10. The maximum absolute atomic E-state index is 4.62. The Morgan fingerprint density at radius 1 is 0.909 bits per heavy atom. The molecule has 1 aromatic heterocycles. The zero-order valence-corrected chi connectivity index (χ0v) is 13.9. The van der Waals surface area contributed by atoms with Crippen LogP contribution in [0.4, 0.5) is 0 Å². The van der Waals surface area contributed by atoms with E-state index < -0.39 is 0 Å². The van der Waals surface area contributed by atoms with E-state index in [9.17, 15) is 0 Å². The van der Waals surface area contributed by atoms with Crippen LogP contribution in [0.5, 0.6) is 0 Å². The summed E-state index contributed by atoms with van der Waals surface area (Å²) in [6, 6.07) is 17.6. The average Bonchev–Trinajstić information content (AvgIpc) is 2.48. The van der Waals surface area contributed by atoms with E-state index in [1.54, 1.807) is 0 Å². The van der Waals surface area contributed by atoms with E-state index in [1.807, 2.05) is 6.20 Å². The summed E-state index contributed by atoms with van der Waals surface area (Å²) in [5.41, 5.74) is 5.30. The third-order valence-corrected chi connectivity index (χ3v) is 4.21. The predicted octanol–water partition coefficient (Wildman–Crippen LogP) is 5.43. The number of hydrogen-bond acceptors (Lipinski definition) is 1. The number of pyridine rings is 1. The van der Waals surface area contributed by atoms with E-state index in [-0.39, 0.29) is 5.41 Å². The Balaban J connectivity index is 2.02. The molecule has 0 radical (unpaired) electrons. The monoisotopic (exact) mass is 289 g/mol. The van der Waals surface area contributed by atoms with Gasteiger partial charge in [0.15, 0.2) is 0 Å². The first-order valence-corrected chi connectivity index (χ1v) is 7.87. The third kappa shape index (κ3) is 3.04. The van der Waals surface area contributed by atoms with Crippen LogP contribution in [0.15, 0.2) is 54.7 Å². The first-order chi connectivity index (χ1) is 10.4. The topological polar surface area (TPSA) is 12.9 Å². The average molecular weight is 289 g/mol. The van der Waals surface area contributed by atoms with Crippen LogP contribution in [0.2, 0.25) is 0 Å². The first-order valence-electron chi connectivity index (χ1n) is 7.87. The summed E-state index contributed by atoms with van der Waals surface area (Å²) in [5.74, 6) is 0. The van der Waals surface area contributed by atoms with Crippen LogP contribution in [0.25, 0.3) is 10.8 Å². The number of fused-ring (bicyclic) bond motifs is 1. The van der Waals surface area contributed by atoms with Gasteiger partial charge in [0.25, 0.3) is 0 Å². The first kappa shape index (κ1) is 14.8. The SMILES string of the molecule is Cc1ccc(Cc2nccc3cc(C(C)(C)C)ccc23)cc1. The van der Waals surface area contributed by atoms with Gasteiger partial charge in [0.2, 0.25) is 0 Å². The fourth-order valence-corrected chi connectivity index (χ4v) is 2.75. The van der Waals surface area contributed by atoms with Crippen molar-refractivity contribution in [1.82, 2.24) is 4.98 Å². The van der Waals surface area contributed by atoms with Crippen molar-refractivity contribution in [2.45, 2.75) is 39.5 Å². The number of hydrogen-bond donors (Lipinski definition) is 0. The summed E-state index contributed by atoms with van der Waals surface area (Å²) in [4.78, 5) is 4.62. The molecule has 0 aliphatic rings. The van der Waals surface area contributed by atoms with Gasteiger partial charge in [-0.05, 0) is 34.9 Å². The van der Waals surface area contributed by atoms with Gasteiger partial charge in [0.05, 0.1) is 5.69 Å². The molecule has 3 aromatic rings. The largest absolute Gasteiger partial charge is 0.260 e. The second kappa shape index (κ2) is 5.57. The Kier molecular flexibility index (Phi) is 3.74. The highest BCUT2D eigenvalue weighted by Crippen LogP contribution is 2.27. The zero-order chi connectivity index (χ0) is 15.7. The molecular weight excluding hydrogens is 266 g/mol. The summed E-state index contributed by atoms with van der Waals surface area (Å²) in [6.07, 6.45) is 2.81. The number of aromatic nitrogens is 1. The van der Waals surface area contributed by atoms with E-state index in [0.29, 0.717) is 0 Å². The minimum absolute atomic E-state index is 0.175. The van der Waals surface area contributed by atoms with Gasteiger partial charge in [-0.25, -0.2) is 0 Å². The number of aryl methyl sites for hydroxylation is 1. The second-order valence-corrected chi connectivity index (χ2v) is 7.11. The van der Waals surface area contributed by atoms with Crippen LogP contribution in [0.1, 0.15) is 43.2 Å². The van der Waals surface area contributed by atoms with E-state index in [2.05, 4.69) is 81.2 Å². The van der Waals surface area contributed by atoms with Gasteiger partial charge >= 0.3 is 0 Å². The molecule has 0 unspecified atom stereocenters. The molecule has 0 fully saturated rings. The molecule has 0 spiro atoms. The minimum Gasteiger partial charge on any atom is -0.260 e. The second-order valence-electron chi connectivity index (χ2n) is 7.11. The van der Waals surface area contributed by atoms with Crippen LogP contribution in [0.3, 0.4) is 0 Å². The highest BCUT2D eigenvalue weighted by atomic mass is 14.7. The fourth-order valence-electron chi connectivity index (χ4n) is 2.75. The summed E-state index contributed by atoms with van der Waals surface area (Å²) < 4.78 is 0. The van der Waals surface area contributed by atoms with Gasteiger partial charge < -0.3 is 0 Å². The molecule has 0 saturated heterocycles. The molecule has 0 N–H and O–H groups in total. The van der Waals surface area contributed by atoms with Gasteiger partial charge in [-0.15, -0.1) is 0 Å². The lowest BCUT2D eigenvalue weighted by Gasteiger charge is -2.19. The van der Waals surface area contributed by atoms with Gasteiger partial charge in [0, 0.05) is 18.0 Å². The highest BCUT2D eigenvalue weighted by Gasteiger charge is 2.14. The van der Waals surface area contributed by atoms with Crippen molar-refractivity contribution in [2.24, 2.45) is 0 Å². The molecule has 0 bridgehead atoms. The van der Waals surface area contributed by atoms with Crippen LogP contribution in [0, 0.1) is 6.92 Å². The molecular formula is C21H23N. The quantitative estimate of drug-likeness (QED) is 0.613. The molecule has 112 valence electrons. The van der Waals surface area contributed by atoms with E-state index >= 15 is 0 Å². The normalized spacial score (nSPS) is 11.8. The summed E-state index contributed by atoms with van der Waals surface area (Å²) >= 11 is 0. The standard InChI is InChI=1S/C21H23N/c1-15-5-7-16(8-6-15)13-20-19-10-9-18(21(2,3)4)14-17(19)11-12-22-20/h5-12,14H,13H2,1-4H3. The van der Waals surface area contributed by atoms with Crippen molar-refractivity contribution < 1.29 is 0 Å². The molecule has 0 atom stereocenters. The summed E-state index contributed by atoms with van der Waals surface area (Å²) in [6.45, 7) is 8.88. The number of benzene rings is 2. The Labute approximate surface area is 133 Å². The number of rotatable bonds is 2. The smallest absolute Gasteiger partial charge is 0.0525 e. The molecule has 1 heterocycles. The Bertz CT molecular complexity index is 792. The van der Waals surface area contributed by atoms with Crippen molar-refractivity contribution in [3.63, 3.8) is 0 Å². The lowest BCUT2D eigenvalue weighted by atomic mass is 9.85. The molecule has 2 aromatic carbocycles. The van der Waals surface area contributed by atoms with Crippen molar-refractivity contribution >= 4 is 10.8 Å². The van der Waals surface area contributed by atoms with E-state index in [0.717, 1.165) is 12.1 Å². The molecule has 1 nitrogen and oxygen atoms in total. The Morgan fingerprint density at radius 3 is 2.32 bits per heavy atom. The van der Waals surface area contributed by atoms with Crippen LogP contribution in [-0.4, -0.2) is 4.98 Å². The third-order valence-electron chi connectivity index (χ3n) is 4.21. The van der Waals surface area contributed by atoms with E-state index in [4.69, 9.17) is 0 Å². The van der Waals surface area contributed by atoms with Crippen LogP contribution >= 0.6 is 0 Å². The van der Waals surface area contributed by atoms with Gasteiger partial charge in [-0.2, -0.15) is 0 Å². The summed E-state index contributed by atoms with van der Waals surface area (Å²) in [7, 11) is 0. The van der Waals surface area contributed by atoms with E-state index in [1.165, 1.54) is 27.5 Å². The zero-order valence-electron chi connectivity index (χ0n) is 13.9. The molecule has 0 aliphatic carbocycles. The maximum atomic E-state index is 4.62. The van der Waals surface area contributed by atoms with Gasteiger partial charge in [-0.1, -0.05) is 68.8 Å². The highest BCUT2D eigenvalue weighted by molar-refractivity contribution is 5.85. The molecule has 0 amide bonds.